The average Bonchev–Trinajstić information content (AvgIpc) is 2.03. The molecule has 0 rings (SSSR count). The summed E-state index contributed by atoms with van der Waals surface area (Å²) < 4.78 is 4.21. The quantitative estimate of drug-likeness (QED) is 0.349. The Morgan fingerprint density at radius 3 is 2.38 bits per heavy atom. The topological polar surface area (TPSA) is 86.5 Å². The Bertz CT molecular complexity index is 225. The zero-order chi connectivity index (χ0) is 10.4. The van der Waals surface area contributed by atoms with Gasteiger partial charge in [0, 0.05) is 17.8 Å². The van der Waals surface area contributed by atoms with E-state index in [1.165, 1.54) is 6.92 Å². The Hall–Kier alpha value is -1.46. The van der Waals surface area contributed by atoms with Gasteiger partial charge in [-0.2, -0.15) is 0 Å². The molecule has 0 heterocycles. The highest BCUT2D eigenvalue weighted by Crippen LogP contribution is 2.03. The summed E-state index contributed by atoms with van der Waals surface area (Å²) >= 11 is 0. The standard InChI is InChI=1S/C7H11NO5/c1-5(9)3-4-6(8(11)12)7(10)13-2/h6H,3-4H2,1-2H3. The molecule has 0 radical (unpaired) electrons. The van der Waals surface area contributed by atoms with Crippen molar-refractivity contribution in [2.75, 3.05) is 7.11 Å². The second kappa shape index (κ2) is 5.23. The van der Waals surface area contributed by atoms with Crippen LogP contribution in [0.1, 0.15) is 19.8 Å². The molecular weight excluding hydrogens is 178 g/mol. The maximum absolute atomic E-state index is 10.8. The van der Waals surface area contributed by atoms with Gasteiger partial charge in [0.2, 0.25) is 0 Å². The van der Waals surface area contributed by atoms with E-state index >= 15 is 0 Å². The first-order chi connectivity index (χ1) is 5.99. The molecule has 74 valence electrons. The van der Waals surface area contributed by atoms with Crippen LogP contribution >= 0.6 is 0 Å². The molecule has 1 unspecified atom stereocenters. The second-order valence-corrected chi connectivity index (χ2v) is 2.57. The van der Waals surface area contributed by atoms with E-state index in [2.05, 4.69) is 4.74 Å². The molecule has 6 heteroatoms. The summed E-state index contributed by atoms with van der Waals surface area (Å²) in [6.45, 7) is 1.31. The highest BCUT2D eigenvalue weighted by Gasteiger charge is 2.30. The van der Waals surface area contributed by atoms with Crippen LogP contribution in [0.3, 0.4) is 0 Å². The average molecular weight is 189 g/mol. The van der Waals surface area contributed by atoms with Crippen LogP contribution in [0.2, 0.25) is 0 Å². The van der Waals surface area contributed by atoms with E-state index in [9.17, 15) is 19.7 Å². The van der Waals surface area contributed by atoms with Crippen molar-refractivity contribution in [3.63, 3.8) is 0 Å². The van der Waals surface area contributed by atoms with Gasteiger partial charge in [-0.25, -0.2) is 4.79 Å². The fourth-order valence-electron chi connectivity index (χ4n) is 0.785. The summed E-state index contributed by atoms with van der Waals surface area (Å²) in [4.78, 5) is 30.9. The largest absolute Gasteiger partial charge is 0.464 e. The minimum atomic E-state index is -1.42. The van der Waals surface area contributed by atoms with Gasteiger partial charge in [-0.3, -0.25) is 10.1 Å². The predicted octanol–water partition coefficient (Wildman–Crippen LogP) is 0.174. The van der Waals surface area contributed by atoms with Gasteiger partial charge < -0.3 is 9.53 Å². The third-order valence-corrected chi connectivity index (χ3v) is 1.50. The third kappa shape index (κ3) is 4.19. The lowest BCUT2D eigenvalue weighted by Gasteiger charge is -2.05. The molecule has 0 N–H and O–H groups in total. The van der Waals surface area contributed by atoms with Crippen LogP contribution in [0, 0.1) is 10.1 Å². The van der Waals surface area contributed by atoms with Gasteiger partial charge in [0.1, 0.15) is 5.78 Å². The molecule has 0 aliphatic heterocycles. The molecule has 13 heavy (non-hydrogen) atoms. The normalized spacial score (nSPS) is 11.8. The van der Waals surface area contributed by atoms with Crippen molar-refractivity contribution >= 4 is 11.8 Å². The molecule has 0 aromatic heterocycles. The molecule has 0 saturated heterocycles. The van der Waals surface area contributed by atoms with E-state index in [0.717, 1.165) is 7.11 Å². The lowest BCUT2D eigenvalue weighted by atomic mass is 10.1. The van der Waals surface area contributed by atoms with Crippen molar-refractivity contribution in [3.05, 3.63) is 10.1 Å². The molecule has 0 aromatic rings. The summed E-state index contributed by atoms with van der Waals surface area (Å²) in [5.74, 6) is -1.10. The van der Waals surface area contributed by atoms with Crippen LogP contribution < -0.4 is 0 Å². The molecule has 0 spiro atoms. The maximum Gasteiger partial charge on any atom is 0.381 e. The first-order valence-electron chi connectivity index (χ1n) is 3.69. The summed E-state index contributed by atoms with van der Waals surface area (Å²) in [5.41, 5.74) is 0. The van der Waals surface area contributed by atoms with Gasteiger partial charge in [0.15, 0.2) is 0 Å². The third-order valence-electron chi connectivity index (χ3n) is 1.50. The van der Waals surface area contributed by atoms with Crippen LogP contribution in [0.15, 0.2) is 0 Å². The molecular formula is C7H11NO5. The highest BCUT2D eigenvalue weighted by molar-refractivity contribution is 5.78. The van der Waals surface area contributed by atoms with Crippen molar-refractivity contribution in [1.29, 1.82) is 0 Å². The number of hydrogen-bond donors (Lipinski definition) is 0. The summed E-state index contributed by atoms with van der Waals surface area (Å²) in [5, 5.41) is 10.3. The van der Waals surface area contributed by atoms with Crippen LogP contribution in [0.4, 0.5) is 0 Å². The number of carbonyl (C=O) groups excluding carboxylic acids is 2. The van der Waals surface area contributed by atoms with Gasteiger partial charge in [-0.1, -0.05) is 0 Å². The molecule has 0 amide bonds. The van der Waals surface area contributed by atoms with Crippen molar-refractivity contribution in [1.82, 2.24) is 0 Å². The molecule has 1 atom stereocenters. The Morgan fingerprint density at radius 2 is 2.08 bits per heavy atom. The van der Waals surface area contributed by atoms with Crippen LogP contribution in [-0.2, 0) is 14.3 Å². The molecule has 0 aliphatic rings. The summed E-state index contributed by atoms with van der Waals surface area (Å²) in [6.07, 6.45) is -0.0875. The van der Waals surface area contributed by atoms with Crippen molar-refractivity contribution in [2.45, 2.75) is 25.8 Å². The van der Waals surface area contributed by atoms with Gasteiger partial charge >= 0.3 is 12.0 Å². The molecule has 6 nitrogen and oxygen atoms in total. The number of carbonyl (C=O) groups is 2. The lowest BCUT2D eigenvalue weighted by molar-refractivity contribution is -0.511. The summed E-state index contributed by atoms with van der Waals surface area (Å²) in [6, 6.07) is -1.42. The Kier molecular flexibility index (Phi) is 4.64. The first kappa shape index (κ1) is 11.5. The van der Waals surface area contributed by atoms with E-state index in [1.807, 2.05) is 0 Å². The van der Waals surface area contributed by atoms with Crippen LogP contribution in [-0.4, -0.2) is 29.8 Å². The minimum Gasteiger partial charge on any atom is -0.464 e. The smallest absolute Gasteiger partial charge is 0.381 e. The lowest BCUT2D eigenvalue weighted by Crippen LogP contribution is -2.31. The monoisotopic (exact) mass is 189 g/mol. The fraction of sp³-hybridized carbons (Fsp3) is 0.714. The van der Waals surface area contributed by atoms with Crippen molar-refractivity contribution in [2.24, 2.45) is 0 Å². The SMILES string of the molecule is COC(=O)C(CCC(C)=O)[N+](=O)[O-]. The molecule has 0 aromatic carbocycles. The minimum absolute atomic E-state index is 0.0146. The van der Waals surface area contributed by atoms with E-state index < -0.39 is 16.9 Å². The first-order valence-corrected chi connectivity index (χ1v) is 3.69. The molecule has 0 fully saturated rings. The Morgan fingerprint density at radius 1 is 1.54 bits per heavy atom. The van der Waals surface area contributed by atoms with E-state index in [-0.39, 0.29) is 18.6 Å². The number of esters is 1. The van der Waals surface area contributed by atoms with Gasteiger partial charge in [-0.15, -0.1) is 0 Å². The highest BCUT2D eigenvalue weighted by atomic mass is 16.6. The number of ketones is 1. The number of Topliss-reactive ketones (excluding diaryl/α,β-unsaturated/α-hetero) is 1. The van der Waals surface area contributed by atoms with Gasteiger partial charge in [0.25, 0.3) is 0 Å². The number of methoxy groups -OCH3 is 1. The Labute approximate surface area is 75.0 Å². The van der Waals surface area contributed by atoms with Gasteiger partial charge in [-0.05, 0) is 6.92 Å². The Balaban J connectivity index is 4.18. The number of rotatable bonds is 5. The molecule has 0 bridgehead atoms. The van der Waals surface area contributed by atoms with E-state index in [4.69, 9.17) is 0 Å². The zero-order valence-corrected chi connectivity index (χ0v) is 7.48. The van der Waals surface area contributed by atoms with Crippen molar-refractivity contribution < 1.29 is 19.2 Å². The number of nitrogens with zero attached hydrogens (tertiary/aromatic N) is 1. The van der Waals surface area contributed by atoms with E-state index in [1.54, 1.807) is 0 Å². The van der Waals surface area contributed by atoms with Gasteiger partial charge in [0.05, 0.1) is 7.11 Å². The predicted molar refractivity (Wildman–Crippen MR) is 42.7 cm³/mol. The fourth-order valence-corrected chi connectivity index (χ4v) is 0.785. The van der Waals surface area contributed by atoms with Crippen LogP contribution in [0.25, 0.3) is 0 Å². The number of hydrogen-bond acceptors (Lipinski definition) is 5. The molecule has 0 aliphatic carbocycles. The van der Waals surface area contributed by atoms with E-state index in [0.29, 0.717) is 0 Å². The number of ether oxygens (including phenoxy) is 1. The maximum atomic E-state index is 10.8. The summed E-state index contributed by atoms with van der Waals surface area (Å²) in [7, 11) is 1.08. The zero-order valence-electron chi connectivity index (χ0n) is 7.48. The second-order valence-electron chi connectivity index (χ2n) is 2.57. The van der Waals surface area contributed by atoms with Crippen molar-refractivity contribution in [3.8, 4) is 0 Å². The molecule has 0 saturated carbocycles. The number of nitro groups is 1. The van der Waals surface area contributed by atoms with Crippen LogP contribution in [0.5, 0.6) is 0 Å².